The van der Waals surface area contributed by atoms with Gasteiger partial charge in [-0.2, -0.15) is 0 Å². The number of hydrogen-bond donors (Lipinski definition) is 3. The summed E-state index contributed by atoms with van der Waals surface area (Å²) >= 11 is 0. The zero-order chi connectivity index (χ0) is 93.7. The number of benzene rings is 26. The van der Waals surface area contributed by atoms with Crippen LogP contribution in [0.2, 0.25) is 0 Å². The molecule has 0 saturated heterocycles. The number of rotatable bonds is 17. The summed E-state index contributed by atoms with van der Waals surface area (Å²) in [4.78, 5) is 0. The molecule has 26 aromatic rings. The molecule has 0 aliphatic carbocycles. The van der Waals surface area contributed by atoms with E-state index in [1.54, 1.807) is 0 Å². The van der Waals surface area contributed by atoms with Crippen LogP contribution in [-0.4, -0.2) is 0 Å². The average molecular weight is 1800 g/mol. The third kappa shape index (κ3) is 17.3. The van der Waals surface area contributed by atoms with Crippen LogP contribution in [0.4, 0.5) is 34.1 Å². The Kier molecular flexibility index (Phi) is 23.2. The predicted molar refractivity (Wildman–Crippen MR) is 606 cm³/mol. The molecule has 3 N–H and O–H groups in total. The zero-order valence-corrected chi connectivity index (χ0v) is 77.6. The van der Waals surface area contributed by atoms with Crippen molar-refractivity contribution < 1.29 is 0 Å². The Balaban J connectivity index is 0.000000115. The van der Waals surface area contributed by atoms with Crippen LogP contribution in [-0.2, 0) is 0 Å². The molecule has 141 heavy (non-hydrogen) atoms. The molecule has 0 aliphatic heterocycles. The summed E-state index contributed by atoms with van der Waals surface area (Å²) in [5, 5.41) is 34.7. The van der Waals surface area contributed by atoms with Crippen LogP contribution in [0.3, 0.4) is 0 Å². The molecule has 0 heterocycles. The van der Waals surface area contributed by atoms with Gasteiger partial charge in [-0.05, 0) is 294 Å². The van der Waals surface area contributed by atoms with Crippen molar-refractivity contribution in [3.8, 4) is 122 Å². The average Bonchev–Trinajstić information content (AvgIpc) is 0.764. The maximum absolute atomic E-state index is 3.89. The molecule has 0 bridgehead atoms. The second-order valence-electron chi connectivity index (χ2n) is 36.3. The summed E-state index contributed by atoms with van der Waals surface area (Å²) in [7, 11) is 0. The summed E-state index contributed by atoms with van der Waals surface area (Å²) in [5.74, 6) is 0. The van der Waals surface area contributed by atoms with E-state index in [0.29, 0.717) is 0 Å². The summed E-state index contributed by atoms with van der Waals surface area (Å²) < 4.78 is 0. The molecule has 3 heteroatoms. The molecule has 0 aromatic heterocycles. The molecule has 3 nitrogen and oxygen atoms in total. The van der Waals surface area contributed by atoms with Crippen molar-refractivity contribution in [1.29, 1.82) is 0 Å². The minimum absolute atomic E-state index is 1.05. The first-order valence-electron chi connectivity index (χ1n) is 48.5. The highest BCUT2D eigenvalue weighted by Gasteiger charge is 2.21. The molecule has 662 valence electrons. The molecular weight excluding hydrogens is 1700 g/mol. The van der Waals surface area contributed by atoms with Crippen molar-refractivity contribution in [2.45, 2.75) is 0 Å². The van der Waals surface area contributed by atoms with Crippen molar-refractivity contribution in [2.75, 3.05) is 16.0 Å². The standard InChI is InChI=1S/2C48H33N.C42H29N/c1-4-15-33(16-5-1)37-29-38(34-17-6-2-7-18-34)31-39(30-37)49-47-26-14-25-40(48(47)35-19-8-3-9-20-35)36-27-28-45-43-23-11-10-21-41(43)42-22-12-13-24-44(42)46(45)32-36;1-4-14-33(15-5-1)38-28-39(34-16-6-2-7-17-34)30-40(29-38)49-48-27-25-37(31-46(48)35-18-8-3-9-19-35)36-24-26-45-43-22-11-10-20-41(43)42-21-12-13-23-44(42)47(45)32-36;1-3-12-29(13-4-1)31-16-11-17-34(26-31)43-42-28-33(22-24-35(42)30-14-5-2-6-15-30)32-23-25-40-38-20-8-7-18-36(38)37-19-9-10-21-39(37)41(40)27-32/h2*1-32,49H;1-28,43H. The van der Waals surface area contributed by atoms with Gasteiger partial charge in [-0.25, -0.2) is 0 Å². The third-order valence-corrected chi connectivity index (χ3v) is 27.6. The first kappa shape index (κ1) is 85.4. The molecule has 0 atom stereocenters. The van der Waals surface area contributed by atoms with Gasteiger partial charge in [0.05, 0.1) is 0 Å². The molecule has 0 unspecified atom stereocenters. The Morgan fingerprint density at radius 2 is 0.340 bits per heavy atom. The Morgan fingerprint density at radius 3 is 0.723 bits per heavy atom. The van der Waals surface area contributed by atoms with E-state index in [0.717, 1.165) is 39.7 Å². The van der Waals surface area contributed by atoms with E-state index >= 15 is 0 Å². The van der Waals surface area contributed by atoms with Gasteiger partial charge < -0.3 is 16.0 Å². The maximum atomic E-state index is 3.89. The fraction of sp³-hybridized carbons (Fsp3) is 0. The number of nitrogens with one attached hydrogen (secondary N) is 3. The lowest BCUT2D eigenvalue weighted by Crippen LogP contribution is -1.97. The van der Waals surface area contributed by atoms with Gasteiger partial charge in [-0.15, -0.1) is 0 Å². The van der Waals surface area contributed by atoms with Gasteiger partial charge in [0.2, 0.25) is 0 Å². The van der Waals surface area contributed by atoms with Gasteiger partial charge >= 0.3 is 0 Å². The molecule has 0 fully saturated rings. The van der Waals surface area contributed by atoms with Crippen LogP contribution in [0.5, 0.6) is 0 Å². The van der Waals surface area contributed by atoms with Gasteiger partial charge in [-0.3, -0.25) is 0 Å². The second kappa shape index (κ2) is 38.3. The van der Waals surface area contributed by atoms with Crippen molar-refractivity contribution in [3.05, 3.63) is 558 Å². The largest absolute Gasteiger partial charge is 0.355 e. The van der Waals surface area contributed by atoms with Crippen LogP contribution in [0.1, 0.15) is 0 Å². The van der Waals surface area contributed by atoms with Gasteiger partial charge in [0.15, 0.2) is 0 Å². The highest BCUT2D eigenvalue weighted by atomic mass is 14.9. The highest BCUT2D eigenvalue weighted by Crippen LogP contribution is 2.48. The van der Waals surface area contributed by atoms with Crippen LogP contribution in [0.15, 0.2) is 558 Å². The molecule has 26 aromatic carbocycles. The van der Waals surface area contributed by atoms with Gasteiger partial charge in [0.1, 0.15) is 0 Å². The Labute approximate surface area is 821 Å². The van der Waals surface area contributed by atoms with Gasteiger partial charge in [-0.1, -0.05) is 467 Å². The van der Waals surface area contributed by atoms with Crippen LogP contribution in [0.25, 0.3) is 219 Å². The van der Waals surface area contributed by atoms with Crippen molar-refractivity contribution in [3.63, 3.8) is 0 Å². The lowest BCUT2D eigenvalue weighted by Gasteiger charge is -2.19. The molecule has 0 radical (unpaired) electrons. The Bertz CT molecular complexity index is 8930. The first-order chi connectivity index (χ1) is 69.9. The third-order valence-electron chi connectivity index (χ3n) is 27.6. The molecule has 0 spiro atoms. The molecule has 0 saturated carbocycles. The van der Waals surface area contributed by atoms with E-state index in [9.17, 15) is 0 Å². The van der Waals surface area contributed by atoms with E-state index in [2.05, 4.69) is 574 Å². The van der Waals surface area contributed by atoms with E-state index in [-0.39, 0.29) is 0 Å². The summed E-state index contributed by atoms with van der Waals surface area (Å²) in [6.45, 7) is 0. The fourth-order valence-electron chi connectivity index (χ4n) is 20.9. The van der Waals surface area contributed by atoms with Crippen LogP contribution in [0, 0.1) is 0 Å². The normalized spacial score (nSPS) is 11.3. The van der Waals surface area contributed by atoms with Crippen molar-refractivity contribution >= 4 is 131 Å². The quantitative estimate of drug-likeness (QED) is 0.0795. The Hall–Kier alpha value is -18.5. The zero-order valence-electron chi connectivity index (χ0n) is 77.6. The van der Waals surface area contributed by atoms with E-state index in [1.807, 2.05) is 0 Å². The molecule has 0 aliphatic rings. The van der Waals surface area contributed by atoms with Crippen LogP contribution >= 0.6 is 0 Å². The number of fused-ring (bicyclic) bond motifs is 18. The minimum Gasteiger partial charge on any atom is -0.355 e. The summed E-state index contributed by atoms with van der Waals surface area (Å²) in [5.41, 5.74) is 32.5. The van der Waals surface area contributed by atoms with E-state index < -0.39 is 0 Å². The maximum Gasteiger partial charge on any atom is 0.0470 e. The van der Waals surface area contributed by atoms with Gasteiger partial charge in [0.25, 0.3) is 0 Å². The first-order valence-corrected chi connectivity index (χ1v) is 48.5. The van der Waals surface area contributed by atoms with Crippen molar-refractivity contribution in [1.82, 2.24) is 0 Å². The monoisotopic (exact) mass is 1790 g/mol. The lowest BCUT2D eigenvalue weighted by molar-refractivity contribution is 1.51. The molecular formula is C138H95N3. The summed E-state index contributed by atoms with van der Waals surface area (Å²) in [6.07, 6.45) is 0. The van der Waals surface area contributed by atoms with E-state index in [4.69, 9.17) is 0 Å². The molecule has 26 rings (SSSR count). The number of anilines is 6. The van der Waals surface area contributed by atoms with Crippen LogP contribution < -0.4 is 16.0 Å². The Morgan fingerprint density at radius 1 is 0.0922 bits per heavy atom. The highest BCUT2D eigenvalue weighted by molar-refractivity contribution is 6.29. The number of hydrogen-bond acceptors (Lipinski definition) is 3. The van der Waals surface area contributed by atoms with E-state index in [1.165, 1.54) is 214 Å². The smallest absolute Gasteiger partial charge is 0.0470 e. The summed E-state index contributed by atoms with van der Waals surface area (Å²) in [6, 6.07) is 201. The minimum atomic E-state index is 1.05. The van der Waals surface area contributed by atoms with Crippen molar-refractivity contribution in [2.24, 2.45) is 0 Å². The van der Waals surface area contributed by atoms with Gasteiger partial charge in [0, 0.05) is 50.8 Å². The fourth-order valence-corrected chi connectivity index (χ4v) is 20.9. The second-order valence-corrected chi connectivity index (χ2v) is 36.3. The topological polar surface area (TPSA) is 36.1 Å². The predicted octanol–water partition coefficient (Wildman–Crippen LogP) is 39.0. The molecule has 0 amide bonds. The lowest BCUT2D eigenvalue weighted by atomic mass is 9.89. The SMILES string of the molecule is c1ccc(-c2cc(Nc3ccc(-c4ccc5c6ccccc6c6ccccc6c5c4)cc3-c3ccccc3)cc(-c3ccccc3)c2)cc1.c1ccc(-c2cc(Nc3cccc(-c4ccc5c6ccccc6c6ccccc6c5c4)c3-c3ccccc3)cc(-c3ccccc3)c2)cc1.c1ccc(-c2cccc(Nc3cc(-c4ccc5c6ccccc6c6ccccc6c5c4)ccc3-c3ccccc3)c2)cc1.